The Balaban J connectivity index is 1.98. The second kappa shape index (κ2) is 6.61. The van der Waals surface area contributed by atoms with Crippen LogP contribution < -0.4 is 10.6 Å². The Morgan fingerprint density at radius 3 is 2.53 bits per heavy atom. The molecule has 0 heterocycles. The van der Waals surface area contributed by atoms with Crippen molar-refractivity contribution in [3.8, 4) is 0 Å². The first-order chi connectivity index (χ1) is 9.06. The largest absolute Gasteiger partial charge is 0.360 e. The molecule has 0 atom stereocenters. The third-order valence-electron chi connectivity index (χ3n) is 3.19. The summed E-state index contributed by atoms with van der Waals surface area (Å²) < 4.78 is 26.9. The molecule has 1 fully saturated rings. The molecule has 0 aromatic heterocycles. The van der Waals surface area contributed by atoms with Crippen molar-refractivity contribution in [3.63, 3.8) is 0 Å². The maximum absolute atomic E-state index is 13.6. The molecule has 2 rings (SSSR count). The summed E-state index contributed by atoms with van der Waals surface area (Å²) >= 11 is 8.29. The van der Waals surface area contributed by atoms with Crippen molar-refractivity contribution >= 4 is 38.9 Å². The molecule has 1 aromatic rings. The zero-order valence-corrected chi connectivity index (χ0v) is 12.7. The Morgan fingerprint density at radius 2 is 1.89 bits per heavy atom. The predicted molar refractivity (Wildman–Crippen MR) is 80.3 cm³/mol. The smallest absolute Gasteiger partial charge is 0.171 e. The van der Waals surface area contributed by atoms with Gasteiger partial charge in [-0.25, -0.2) is 8.78 Å². The van der Waals surface area contributed by atoms with Gasteiger partial charge in [-0.1, -0.05) is 19.3 Å². The molecule has 2 N–H and O–H groups in total. The summed E-state index contributed by atoms with van der Waals surface area (Å²) in [6.07, 6.45) is 5.80. The lowest BCUT2D eigenvalue weighted by Gasteiger charge is -2.24. The van der Waals surface area contributed by atoms with Gasteiger partial charge in [0.2, 0.25) is 0 Å². The van der Waals surface area contributed by atoms with Gasteiger partial charge in [0, 0.05) is 16.6 Å². The number of thiocarbonyl (C=S) groups is 1. The van der Waals surface area contributed by atoms with Gasteiger partial charge in [-0.05, 0) is 47.1 Å². The van der Waals surface area contributed by atoms with Gasteiger partial charge >= 0.3 is 0 Å². The number of hydrogen-bond acceptors (Lipinski definition) is 1. The van der Waals surface area contributed by atoms with Crippen molar-refractivity contribution in [1.82, 2.24) is 5.32 Å². The molecule has 1 aromatic carbocycles. The zero-order valence-electron chi connectivity index (χ0n) is 10.3. The highest BCUT2D eigenvalue weighted by molar-refractivity contribution is 9.10. The van der Waals surface area contributed by atoms with Crippen LogP contribution in [0.25, 0.3) is 0 Å². The normalized spacial score (nSPS) is 16.2. The highest BCUT2D eigenvalue weighted by Crippen LogP contribution is 2.27. The Morgan fingerprint density at radius 1 is 1.21 bits per heavy atom. The summed E-state index contributed by atoms with van der Waals surface area (Å²) in [7, 11) is 0. The van der Waals surface area contributed by atoms with Crippen LogP contribution in [0.3, 0.4) is 0 Å². The number of hydrogen-bond donors (Lipinski definition) is 2. The second-order valence-electron chi connectivity index (χ2n) is 4.68. The van der Waals surface area contributed by atoms with Crippen molar-refractivity contribution in [2.24, 2.45) is 0 Å². The molecule has 1 aliphatic rings. The van der Waals surface area contributed by atoms with Crippen LogP contribution in [0.1, 0.15) is 32.1 Å². The van der Waals surface area contributed by atoms with E-state index in [1.165, 1.54) is 25.3 Å². The maximum Gasteiger partial charge on any atom is 0.171 e. The molecule has 104 valence electrons. The summed E-state index contributed by atoms with van der Waals surface area (Å²) in [5.74, 6) is -1.29. The van der Waals surface area contributed by atoms with Gasteiger partial charge in [-0.15, -0.1) is 0 Å². The van der Waals surface area contributed by atoms with E-state index in [1.54, 1.807) is 0 Å². The van der Waals surface area contributed by atoms with Crippen LogP contribution in [0.5, 0.6) is 0 Å². The predicted octanol–water partition coefficient (Wildman–Crippen LogP) is 4.35. The molecule has 2 nitrogen and oxygen atoms in total. The van der Waals surface area contributed by atoms with Gasteiger partial charge in [-0.2, -0.15) is 0 Å². The molecular formula is C13H15BrF2N2S. The van der Waals surface area contributed by atoms with Crippen molar-refractivity contribution in [3.05, 3.63) is 28.2 Å². The molecule has 6 heteroatoms. The third-order valence-corrected chi connectivity index (χ3v) is 4.03. The first-order valence-electron chi connectivity index (χ1n) is 6.28. The molecule has 1 aliphatic carbocycles. The molecule has 0 spiro atoms. The van der Waals surface area contributed by atoms with Crippen LogP contribution in [0.2, 0.25) is 0 Å². The molecule has 0 amide bonds. The van der Waals surface area contributed by atoms with Crippen LogP contribution in [0.15, 0.2) is 16.6 Å². The molecule has 1 saturated carbocycles. The van der Waals surface area contributed by atoms with E-state index in [4.69, 9.17) is 12.2 Å². The lowest BCUT2D eigenvalue weighted by atomic mass is 9.96. The Bertz CT molecular complexity index is 453. The van der Waals surface area contributed by atoms with Gasteiger partial charge in [-0.3, -0.25) is 0 Å². The average Bonchev–Trinajstić information content (AvgIpc) is 2.35. The fraction of sp³-hybridized carbons (Fsp3) is 0.462. The van der Waals surface area contributed by atoms with E-state index in [1.807, 2.05) is 0 Å². The van der Waals surface area contributed by atoms with Gasteiger partial charge in [0.15, 0.2) is 10.9 Å². The molecule has 0 radical (unpaired) electrons. The second-order valence-corrected chi connectivity index (χ2v) is 5.94. The Labute approximate surface area is 125 Å². The minimum absolute atomic E-state index is 0.162. The number of benzene rings is 1. The van der Waals surface area contributed by atoms with E-state index in [2.05, 4.69) is 26.6 Å². The topological polar surface area (TPSA) is 24.1 Å². The fourth-order valence-corrected chi connectivity index (χ4v) is 3.02. The summed E-state index contributed by atoms with van der Waals surface area (Å²) in [6, 6.07) is 2.38. The van der Waals surface area contributed by atoms with Crippen LogP contribution >= 0.6 is 28.1 Å². The van der Waals surface area contributed by atoms with Crippen LogP contribution in [0, 0.1) is 11.6 Å². The quantitative estimate of drug-likeness (QED) is 0.777. The summed E-state index contributed by atoms with van der Waals surface area (Å²) in [5.41, 5.74) is 0.162. The summed E-state index contributed by atoms with van der Waals surface area (Å²) in [4.78, 5) is 0. The lowest BCUT2D eigenvalue weighted by molar-refractivity contribution is 0.414. The van der Waals surface area contributed by atoms with Gasteiger partial charge in [0.05, 0.1) is 5.69 Å². The van der Waals surface area contributed by atoms with Crippen LogP contribution in [-0.4, -0.2) is 11.2 Å². The highest BCUT2D eigenvalue weighted by atomic mass is 79.9. The first-order valence-corrected chi connectivity index (χ1v) is 7.48. The highest BCUT2D eigenvalue weighted by Gasteiger charge is 2.16. The van der Waals surface area contributed by atoms with Gasteiger partial charge in [0.25, 0.3) is 0 Å². The molecule has 0 unspecified atom stereocenters. The minimum atomic E-state index is -0.667. The van der Waals surface area contributed by atoms with Crippen molar-refractivity contribution in [2.45, 2.75) is 38.1 Å². The average molecular weight is 349 g/mol. The minimum Gasteiger partial charge on any atom is -0.360 e. The third kappa shape index (κ3) is 4.11. The van der Waals surface area contributed by atoms with E-state index in [0.717, 1.165) is 18.9 Å². The monoisotopic (exact) mass is 348 g/mol. The molecule has 19 heavy (non-hydrogen) atoms. The number of nitrogens with one attached hydrogen (secondary N) is 2. The summed E-state index contributed by atoms with van der Waals surface area (Å²) in [6.45, 7) is 0. The van der Waals surface area contributed by atoms with Crippen molar-refractivity contribution in [1.29, 1.82) is 0 Å². The van der Waals surface area contributed by atoms with Crippen LogP contribution in [0.4, 0.5) is 14.5 Å². The molecule has 0 saturated heterocycles. The van der Waals surface area contributed by atoms with E-state index in [9.17, 15) is 8.78 Å². The van der Waals surface area contributed by atoms with Crippen LogP contribution in [-0.2, 0) is 0 Å². The van der Waals surface area contributed by atoms with E-state index in [0.29, 0.717) is 15.6 Å². The lowest BCUT2D eigenvalue weighted by Crippen LogP contribution is -2.39. The van der Waals surface area contributed by atoms with E-state index >= 15 is 0 Å². The molecule has 0 bridgehead atoms. The Kier molecular flexibility index (Phi) is 5.10. The van der Waals surface area contributed by atoms with Crippen molar-refractivity contribution in [2.75, 3.05) is 5.32 Å². The maximum atomic E-state index is 13.6. The van der Waals surface area contributed by atoms with Gasteiger partial charge in [0.1, 0.15) is 5.82 Å². The number of anilines is 1. The van der Waals surface area contributed by atoms with E-state index < -0.39 is 11.6 Å². The molecular weight excluding hydrogens is 334 g/mol. The van der Waals surface area contributed by atoms with Gasteiger partial charge < -0.3 is 10.6 Å². The fourth-order valence-electron chi connectivity index (χ4n) is 2.24. The standard InChI is InChI=1S/C13H15BrF2N2S/c14-10-6-8(15)7-11(16)12(10)18-13(19)17-9-4-2-1-3-5-9/h6-7,9H,1-5H2,(H2,17,18,19). The number of halogens is 3. The molecule has 0 aliphatic heterocycles. The zero-order chi connectivity index (χ0) is 13.8. The van der Waals surface area contributed by atoms with E-state index in [-0.39, 0.29) is 5.69 Å². The summed E-state index contributed by atoms with van der Waals surface area (Å²) in [5, 5.41) is 6.33. The SMILES string of the molecule is Fc1cc(F)c(NC(=S)NC2CCCCC2)c(Br)c1. The Hall–Kier alpha value is -0.750. The number of rotatable bonds is 2. The van der Waals surface area contributed by atoms with Crippen molar-refractivity contribution < 1.29 is 8.78 Å². The first kappa shape index (κ1) is 14.7.